The number of rotatable bonds is 3. The molecule has 2 heterocycles. The van der Waals surface area contributed by atoms with E-state index in [1.165, 1.54) is 19.3 Å². The monoisotopic (exact) mass is 216 g/mol. The Labute approximate surface area is 94.7 Å². The topological polar surface area (TPSA) is 42.2 Å². The fraction of sp³-hybridized carbons (Fsp3) is 0.500. The first-order valence-corrected chi connectivity index (χ1v) is 5.88. The Morgan fingerprint density at radius 1 is 1.50 bits per heavy atom. The molecular formula is C12H16N4. The van der Waals surface area contributed by atoms with Crippen LogP contribution in [0.15, 0.2) is 18.5 Å². The molecule has 1 saturated carbocycles. The van der Waals surface area contributed by atoms with Crippen molar-refractivity contribution in [1.82, 2.24) is 14.6 Å². The van der Waals surface area contributed by atoms with Gasteiger partial charge in [-0.05, 0) is 31.7 Å². The van der Waals surface area contributed by atoms with Crippen molar-refractivity contribution in [3.8, 4) is 0 Å². The van der Waals surface area contributed by atoms with Gasteiger partial charge in [-0.1, -0.05) is 6.42 Å². The summed E-state index contributed by atoms with van der Waals surface area (Å²) in [4.78, 5) is 4.38. The van der Waals surface area contributed by atoms with Crippen molar-refractivity contribution in [3.63, 3.8) is 0 Å². The minimum Gasteiger partial charge on any atom is -0.368 e. The molecule has 0 saturated heterocycles. The van der Waals surface area contributed by atoms with E-state index >= 15 is 0 Å². The first-order valence-electron chi connectivity index (χ1n) is 5.88. The second-order valence-electron chi connectivity index (χ2n) is 4.57. The van der Waals surface area contributed by atoms with Crippen LogP contribution in [0.2, 0.25) is 0 Å². The zero-order valence-electron chi connectivity index (χ0n) is 9.48. The Morgan fingerprint density at radius 2 is 2.38 bits per heavy atom. The Balaban J connectivity index is 1.84. The molecule has 0 spiro atoms. The predicted molar refractivity (Wildman–Crippen MR) is 63.6 cm³/mol. The molecular weight excluding hydrogens is 200 g/mol. The van der Waals surface area contributed by atoms with Crippen molar-refractivity contribution in [1.29, 1.82) is 0 Å². The molecule has 0 radical (unpaired) electrons. The molecule has 4 nitrogen and oxygen atoms in total. The average molecular weight is 216 g/mol. The molecule has 2 aromatic heterocycles. The maximum absolute atomic E-state index is 4.38. The maximum Gasteiger partial charge on any atom is 0.152 e. The standard InChI is InChI=1S/C12H16N4/c1-9-7-11-12(13-5-6-16(11)15-9)14-8-10-3-2-4-10/h5-7,10H,2-4,8H2,1H3,(H,13,14). The van der Waals surface area contributed by atoms with Gasteiger partial charge in [0.25, 0.3) is 0 Å². The van der Waals surface area contributed by atoms with E-state index in [2.05, 4.69) is 21.5 Å². The van der Waals surface area contributed by atoms with Crippen LogP contribution in [0.5, 0.6) is 0 Å². The van der Waals surface area contributed by atoms with Gasteiger partial charge in [-0.3, -0.25) is 0 Å². The number of nitrogens with zero attached hydrogens (tertiary/aromatic N) is 3. The van der Waals surface area contributed by atoms with Crippen molar-refractivity contribution < 1.29 is 0 Å². The van der Waals surface area contributed by atoms with E-state index < -0.39 is 0 Å². The molecule has 0 aliphatic heterocycles. The van der Waals surface area contributed by atoms with Crippen LogP contribution < -0.4 is 5.32 Å². The van der Waals surface area contributed by atoms with Crippen molar-refractivity contribution in [2.75, 3.05) is 11.9 Å². The number of hydrogen-bond acceptors (Lipinski definition) is 3. The van der Waals surface area contributed by atoms with E-state index in [-0.39, 0.29) is 0 Å². The number of hydrogen-bond donors (Lipinski definition) is 1. The molecule has 0 aromatic carbocycles. The van der Waals surface area contributed by atoms with Gasteiger partial charge < -0.3 is 5.32 Å². The summed E-state index contributed by atoms with van der Waals surface area (Å²) in [6.45, 7) is 3.04. The van der Waals surface area contributed by atoms with E-state index in [1.807, 2.05) is 17.6 Å². The summed E-state index contributed by atoms with van der Waals surface area (Å²) >= 11 is 0. The molecule has 16 heavy (non-hydrogen) atoms. The molecule has 1 N–H and O–H groups in total. The van der Waals surface area contributed by atoms with Gasteiger partial charge in [0, 0.05) is 18.9 Å². The van der Waals surface area contributed by atoms with E-state index in [0.29, 0.717) is 0 Å². The molecule has 0 unspecified atom stereocenters. The van der Waals surface area contributed by atoms with Crippen LogP contribution in [0.3, 0.4) is 0 Å². The molecule has 2 aromatic rings. The molecule has 0 amide bonds. The van der Waals surface area contributed by atoms with Gasteiger partial charge >= 0.3 is 0 Å². The molecule has 0 atom stereocenters. The Hall–Kier alpha value is -1.58. The summed E-state index contributed by atoms with van der Waals surface area (Å²) in [6, 6.07) is 2.07. The first-order chi connectivity index (χ1) is 7.83. The van der Waals surface area contributed by atoms with Crippen LogP contribution in [-0.4, -0.2) is 21.1 Å². The molecule has 4 heteroatoms. The van der Waals surface area contributed by atoms with Crippen molar-refractivity contribution in [2.45, 2.75) is 26.2 Å². The van der Waals surface area contributed by atoms with Gasteiger partial charge in [0.2, 0.25) is 0 Å². The van der Waals surface area contributed by atoms with Gasteiger partial charge in [-0.25, -0.2) is 9.50 Å². The van der Waals surface area contributed by atoms with Crippen LogP contribution in [0.25, 0.3) is 5.52 Å². The second kappa shape index (κ2) is 3.77. The van der Waals surface area contributed by atoms with Crippen LogP contribution in [0.4, 0.5) is 5.82 Å². The summed E-state index contributed by atoms with van der Waals surface area (Å²) in [6.07, 6.45) is 7.78. The van der Waals surface area contributed by atoms with Crippen LogP contribution in [0.1, 0.15) is 25.0 Å². The van der Waals surface area contributed by atoms with Gasteiger partial charge in [-0.2, -0.15) is 5.10 Å². The molecule has 1 aliphatic carbocycles. The van der Waals surface area contributed by atoms with E-state index in [1.54, 1.807) is 6.20 Å². The predicted octanol–water partition coefficient (Wildman–Crippen LogP) is 2.25. The number of aryl methyl sites for hydroxylation is 1. The minimum atomic E-state index is 0.839. The largest absolute Gasteiger partial charge is 0.368 e. The van der Waals surface area contributed by atoms with E-state index in [4.69, 9.17) is 0 Å². The number of fused-ring (bicyclic) bond motifs is 1. The highest BCUT2D eigenvalue weighted by Gasteiger charge is 2.17. The fourth-order valence-electron chi connectivity index (χ4n) is 2.12. The third-order valence-corrected chi connectivity index (χ3v) is 3.29. The highest BCUT2D eigenvalue weighted by atomic mass is 15.2. The zero-order chi connectivity index (χ0) is 11.0. The summed E-state index contributed by atoms with van der Waals surface area (Å²) in [7, 11) is 0. The van der Waals surface area contributed by atoms with Crippen molar-refractivity contribution in [2.24, 2.45) is 5.92 Å². The Morgan fingerprint density at radius 3 is 3.12 bits per heavy atom. The minimum absolute atomic E-state index is 0.839. The summed E-state index contributed by atoms with van der Waals surface area (Å²) in [5, 5.41) is 7.80. The third-order valence-electron chi connectivity index (χ3n) is 3.29. The number of anilines is 1. The zero-order valence-corrected chi connectivity index (χ0v) is 9.48. The summed E-state index contributed by atoms with van der Waals surface area (Å²) < 4.78 is 1.88. The lowest BCUT2D eigenvalue weighted by Crippen LogP contribution is -2.21. The second-order valence-corrected chi connectivity index (χ2v) is 4.57. The van der Waals surface area contributed by atoms with Crippen LogP contribution in [0, 0.1) is 12.8 Å². The van der Waals surface area contributed by atoms with Gasteiger partial charge in [-0.15, -0.1) is 0 Å². The molecule has 84 valence electrons. The summed E-state index contributed by atoms with van der Waals surface area (Å²) in [5.41, 5.74) is 2.10. The quantitative estimate of drug-likeness (QED) is 0.855. The van der Waals surface area contributed by atoms with Crippen molar-refractivity contribution >= 4 is 11.3 Å². The highest BCUT2D eigenvalue weighted by Crippen LogP contribution is 2.26. The lowest BCUT2D eigenvalue weighted by atomic mass is 9.85. The van der Waals surface area contributed by atoms with Crippen molar-refractivity contribution in [3.05, 3.63) is 24.2 Å². The lowest BCUT2D eigenvalue weighted by molar-refractivity contribution is 0.333. The third kappa shape index (κ3) is 1.64. The fourth-order valence-corrected chi connectivity index (χ4v) is 2.12. The normalized spacial score (nSPS) is 16.3. The van der Waals surface area contributed by atoms with Crippen LogP contribution >= 0.6 is 0 Å². The smallest absolute Gasteiger partial charge is 0.152 e. The number of aromatic nitrogens is 3. The van der Waals surface area contributed by atoms with Gasteiger partial charge in [0.1, 0.15) is 5.52 Å². The molecule has 0 bridgehead atoms. The SMILES string of the molecule is Cc1cc2c(NCC3CCC3)nccn2n1. The first kappa shape index (κ1) is 9.63. The van der Waals surface area contributed by atoms with Gasteiger partial charge in [0.15, 0.2) is 5.82 Å². The lowest BCUT2D eigenvalue weighted by Gasteiger charge is -2.25. The number of nitrogens with one attached hydrogen (secondary N) is 1. The summed E-state index contributed by atoms with van der Waals surface area (Å²) in [5.74, 6) is 1.79. The molecule has 1 aliphatic rings. The Kier molecular flexibility index (Phi) is 2.27. The van der Waals surface area contributed by atoms with Gasteiger partial charge in [0.05, 0.1) is 5.69 Å². The highest BCUT2D eigenvalue weighted by molar-refractivity contribution is 5.67. The average Bonchev–Trinajstić information content (AvgIpc) is 2.56. The van der Waals surface area contributed by atoms with Crippen LogP contribution in [-0.2, 0) is 0 Å². The Bertz CT molecular complexity index is 499. The molecule has 3 rings (SSSR count). The van der Waals surface area contributed by atoms with E-state index in [9.17, 15) is 0 Å². The molecule has 1 fully saturated rings. The maximum atomic E-state index is 4.38. The van der Waals surface area contributed by atoms with E-state index in [0.717, 1.165) is 29.5 Å².